The number of alkyl halides is 1. The molecule has 2 rings (SSSR count). The average Bonchev–Trinajstić information content (AvgIpc) is 2.41. The second kappa shape index (κ2) is 6.07. The molecule has 0 aliphatic rings. The van der Waals surface area contributed by atoms with Gasteiger partial charge in [-0.05, 0) is 29.3 Å². The first kappa shape index (κ1) is 13.2. The maximum absolute atomic E-state index is 6.15. The van der Waals surface area contributed by atoms with E-state index in [1.807, 2.05) is 43.4 Å². The monoisotopic (exact) mass is 280 g/mol. The highest BCUT2D eigenvalue weighted by atomic mass is 35.5. The first-order valence-electron chi connectivity index (χ1n) is 5.66. The van der Waals surface area contributed by atoms with Gasteiger partial charge in [-0.15, -0.1) is 11.6 Å². The Balaban J connectivity index is 2.16. The summed E-state index contributed by atoms with van der Waals surface area (Å²) in [6.07, 6.45) is 1.77. The molecule has 0 unspecified atom stereocenters. The average molecular weight is 281 g/mol. The molecule has 94 valence electrons. The highest BCUT2D eigenvalue weighted by Crippen LogP contribution is 2.20. The van der Waals surface area contributed by atoms with Gasteiger partial charge in [-0.2, -0.15) is 0 Å². The topological polar surface area (TPSA) is 16.1 Å². The predicted molar refractivity (Wildman–Crippen MR) is 77.4 cm³/mol. The Bertz CT molecular complexity index is 529. The summed E-state index contributed by atoms with van der Waals surface area (Å²) in [6, 6.07) is 11.7. The lowest BCUT2D eigenvalue weighted by atomic mass is 10.2. The molecule has 2 aromatic rings. The molecule has 0 bridgehead atoms. The summed E-state index contributed by atoms with van der Waals surface area (Å²) < 4.78 is 0. The second-order valence-corrected chi connectivity index (χ2v) is 4.78. The molecule has 0 N–H and O–H groups in total. The van der Waals surface area contributed by atoms with Crippen LogP contribution < -0.4 is 4.90 Å². The molecule has 0 atom stereocenters. The van der Waals surface area contributed by atoms with E-state index in [2.05, 4.69) is 9.88 Å². The minimum atomic E-state index is 0.495. The fourth-order valence-electron chi connectivity index (χ4n) is 1.72. The number of aromatic nitrogens is 1. The lowest BCUT2D eigenvalue weighted by molar-refractivity contribution is 0.896. The minimum Gasteiger partial charge on any atom is -0.355 e. The molecule has 0 fully saturated rings. The first-order valence-corrected chi connectivity index (χ1v) is 6.57. The van der Waals surface area contributed by atoms with Crippen LogP contribution in [-0.2, 0) is 12.4 Å². The third-order valence-corrected chi connectivity index (χ3v) is 3.40. The fraction of sp³-hybridized carbons (Fsp3) is 0.214. The smallest absolute Gasteiger partial charge is 0.128 e. The fourth-order valence-corrected chi connectivity index (χ4v) is 2.08. The summed E-state index contributed by atoms with van der Waals surface area (Å²) in [7, 11) is 1.99. The molecule has 0 saturated heterocycles. The van der Waals surface area contributed by atoms with Gasteiger partial charge in [0.1, 0.15) is 5.82 Å². The van der Waals surface area contributed by atoms with Gasteiger partial charge in [-0.3, -0.25) is 0 Å². The Kier molecular flexibility index (Phi) is 4.45. The van der Waals surface area contributed by atoms with E-state index in [0.717, 1.165) is 28.5 Å². The zero-order valence-corrected chi connectivity index (χ0v) is 11.6. The lowest BCUT2D eigenvalue weighted by Gasteiger charge is -2.19. The van der Waals surface area contributed by atoms with Crippen molar-refractivity contribution in [1.29, 1.82) is 0 Å². The Labute approximate surface area is 117 Å². The number of anilines is 1. The molecular weight excluding hydrogens is 267 g/mol. The van der Waals surface area contributed by atoms with Crippen molar-refractivity contribution in [2.45, 2.75) is 12.4 Å². The van der Waals surface area contributed by atoms with E-state index in [1.54, 1.807) is 6.20 Å². The molecule has 0 amide bonds. The molecule has 1 aromatic heterocycles. The molecule has 0 saturated carbocycles. The molecule has 0 aliphatic heterocycles. The standard InChI is InChI=1S/C14H14Cl2N2/c1-18(10-12-4-2-3-5-13(12)16)14-8-11(9-15)6-7-17-14/h2-8H,9-10H2,1H3. The highest BCUT2D eigenvalue weighted by Gasteiger charge is 2.06. The summed E-state index contributed by atoms with van der Waals surface area (Å²) in [4.78, 5) is 6.39. The summed E-state index contributed by atoms with van der Waals surface area (Å²) in [5.41, 5.74) is 2.15. The summed E-state index contributed by atoms with van der Waals surface area (Å²) in [5.74, 6) is 1.39. The van der Waals surface area contributed by atoms with Crippen molar-refractivity contribution in [3.05, 3.63) is 58.7 Å². The Morgan fingerprint density at radius 1 is 1.22 bits per heavy atom. The van der Waals surface area contributed by atoms with E-state index in [-0.39, 0.29) is 0 Å². The van der Waals surface area contributed by atoms with Crippen molar-refractivity contribution in [2.24, 2.45) is 0 Å². The zero-order chi connectivity index (χ0) is 13.0. The van der Waals surface area contributed by atoms with Crippen LogP contribution in [0.2, 0.25) is 5.02 Å². The Hall–Kier alpha value is -1.25. The number of halogens is 2. The van der Waals surface area contributed by atoms with Crippen molar-refractivity contribution in [1.82, 2.24) is 4.98 Å². The van der Waals surface area contributed by atoms with Crippen molar-refractivity contribution < 1.29 is 0 Å². The van der Waals surface area contributed by atoms with Crippen LogP contribution in [-0.4, -0.2) is 12.0 Å². The lowest BCUT2D eigenvalue weighted by Crippen LogP contribution is -2.18. The zero-order valence-electron chi connectivity index (χ0n) is 10.1. The first-order chi connectivity index (χ1) is 8.70. The van der Waals surface area contributed by atoms with Crippen LogP contribution in [0.1, 0.15) is 11.1 Å². The van der Waals surface area contributed by atoms with Crippen molar-refractivity contribution in [3.8, 4) is 0 Å². The van der Waals surface area contributed by atoms with Crippen LogP contribution in [0.15, 0.2) is 42.6 Å². The van der Waals surface area contributed by atoms with Gasteiger partial charge in [0.05, 0.1) is 0 Å². The molecular formula is C14H14Cl2N2. The SMILES string of the molecule is CN(Cc1ccccc1Cl)c1cc(CCl)ccn1. The number of pyridine rings is 1. The number of hydrogen-bond acceptors (Lipinski definition) is 2. The molecule has 0 spiro atoms. The molecule has 1 aromatic carbocycles. The molecule has 4 heteroatoms. The summed E-state index contributed by atoms with van der Waals surface area (Å²) >= 11 is 12.0. The van der Waals surface area contributed by atoms with Crippen LogP contribution in [0.3, 0.4) is 0 Å². The quantitative estimate of drug-likeness (QED) is 0.784. The van der Waals surface area contributed by atoms with Gasteiger partial charge in [0.25, 0.3) is 0 Å². The van der Waals surface area contributed by atoms with Gasteiger partial charge in [0.2, 0.25) is 0 Å². The van der Waals surface area contributed by atoms with Crippen LogP contribution in [0.5, 0.6) is 0 Å². The summed E-state index contributed by atoms with van der Waals surface area (Å²) in [5, 5.41) is 0.776. The second-order valence-electron chi connectivity index (χ2n) is 4.10. The van der Waals surface area contributed by atoms with Crippen molar-refractivity contribution in [3.63, 3.8) is 0 Å². The van der Waals surface area contributed by atoms with E-state index >= 15 is 0 Å². The van der Waals surface area contributed by atoms with Gasteiger partial charge >= 0.3 is 0 Å². The largest absolute Gasteiger partial charge is 0.355 e. The van der Waals surface area contributed by atoms with Gasteiger partial charge < -0.3 is 4.90 Å². The Morgan fingerprint density at radius 3 is 2.72 bits per heavy atom. The van der Waals surface area contributed by atoms with E-state index in [1.165, 1.54) is 0 Å². The van der Waals surface area contributed by atoms with Gasteiger partial charge in [-0.25, -0.2) is 4.98 Å². The van der Waals surface area contributed by atoms with E-state index in [0.29, 0.717) is 5.88 Å². The number of nitrogens with zero attached hydrogens (tertiary/aromatic N) is 2. The van der Waals surface area contributed by atoms with Crippen LogP contribution in [0, 0.1) is 0 Å². The van der Waals surface area contributed by atoms with E-state index in [9.17, 15) is 0 Å². The maximum atomic E-state index is 6.15. The normalized spacial score (nSPS) is 10.4. The number of rotatable bonds is 4. The van der Waals surface area contributed by atoms with Crippen LogP contribution >= 0.6 is 23.2 Å². The Morgan fingerprint density at radius 2 is 2.00 bits per heavy atom. The third kappa shape index (κ3) is 3.15. The van der Waals surface area contributed by atoms with E-state index in [4.69, 9.17) is 23.2 Å². The minimum absolute atomic E-state index is 0.495. The maximum Gasteiger partial charge on any atom is 0.128 e. The third-order valence-electron chi connectivity index (χ3n) is 2.72. The molecule has 0 aliphatic carbocycles. The molecule has 0 radical (unpaired) electrons. The van der Waals surface area contributed by atoms with Crippen LogP contribution in [0.25, 0.3) is 0 Å². The van der Waals surface area contributed by atoms with Gasteiger partial charge in [0.15, 0.2) is 0 Å². The van der Waals surface area contributed by atoms with Crippen molar-refractivity contribution >= 4 is 29.0 Å². The van der Waals surface area contributed by atoms with Crippen molar-refractivity contribution in [2.75, 3.05) is 11.9 Å². The predicted octanol–water partition coefficient (Wildman–Crippen LogP) is 4.11. The molecule has 1 heterocycles. The molecule has 18 heavy (non-hydrogen) atoms. The summed E-state index contributed by atoms with van der Waals surface area (Å²) in [6.45, 7) is 0.721. The van der Waals surface area contributed by atoms with Gasteiger partial charge in [-0.1, -0.05) is 29.8 Å². The molecule has 2 nitrogen and oxygen atoms in total. The number of hydrogen-bond donors (Lipinski definition) is 0. The van der Waals surface area contributed by atoms with Crippen LogP contribution in [0.4, 0.5) is 5.82 Å². The van der Waals surface area contributed by atoms with E-state index < -0.39 is 0 Å². The van der Waals surface area contributed by atoms with Gasteiger partial charge in [0, 0.05) is 30.7 Å². The number of benzene rings is 1. The highest BCUT2D eigenvalue weighted by molar-refractivity contribution is 6.31.